The number of amides is 4. The maximum absolute atomic E-state index is 12.7. The standard InChI is InChI=1S/C19H19N3O5/c1-27-17(24)11-20-16(23)10-9-14-18(25)22(19(26)21-14)15-8-4-6-12-5-2-3-7-13(12)15/h2-8,14H,9-11H2,1H3,(H,20,23)(H,21,26). The van der Waals surface area contributed by atoms with E-state index in [2.05, 4.69) is 15.4 Å². The summed E-state index contributed by atoms with van der Waals surface area (Å²) in [5, 5.41) is 6.72. The molecule has 1 aliphatic rings. The molecule has 0 radical (unpaired) electrons. The van der Waals surface area contributed by atoms with E-state index in [4.69, 9.17) is 0 Å². The summed E-state index contributed by atoms with van der Waals surface area (Å²) in [6.07, 6.45) is 0.135. The zero-order valence-electron chi connectivity index (χ0n) is 14.7. The molecule has 2 N–H and O–H groups in total. The SMILES string of the molecule is COC(=O)CNC(=O)CCC1NC(=O)N(c2cccc3ccccc23)C1=O. The molecule has 0 saturated carbocycles. The first kappa shape index (κ1) is 18.4. The van der Waals surface area contributed by atoms with Gasteiger partial charge >= 0.3 is 12.0 Å². The minimum absolute atomic E-state index is 0.00292. The number of imide groups is 1. The van der Waals surface area contributed by atoms with Crippen LogP contribution in [0.4, 0.5) is 10.5 Å². The number of benzene rings is 2. The van der Waals surface area contributed by atoms with Crippen molar-refractivity contribution >= 4 is 40.3 Å². The third kappa shape index (κ3) is 3.89. The lowest BCUT2D eigenvalue weighted by molar-refractivity contribution is -0.141. The fraction of sp³-hybridized carbons (Fsp3) is 0.263. The van der Waals surface area contributed by atoms with Crippen LogP contribution in [-0.4, -0.2) is 43.5 Å². The van der Waals surface area contributed by atoms with E-state index in [9.17, 15) is 19.2 Å². The lowest BCUT2D eigenvalue weighted by Crippen LogP contribution is -2.34. The summed E-state index contributed by atoms with van der Waals surface area (Å²) in [7, 11) is 1.23. The van der Waals surface area contributed by atoms with Crippen molar-refractivity contribution < 1.29 is 23.9 Å². The predicted molar refractivity (Wildman–Crippen MR) is 98.0 cm³/mol. The Morgan fingerprint density at radius 3 is 2.67 bits per heavy atom. The molecule has 2 aromatic carbocycles. The number of esters is 1. The Morgan fingerprint density at radius 1 is 1.15 bits per heavy atom. The normalized spacial score (nSPS) is 16.3. The van der Waals surface area contributed by atoms with Gasteiger partial charge in [-0.05, 0) is 17.9 Å². The highest BCUT2D eigenvalue weighted by Crippen LogP contribution is 2.29. The van der Waals surface area contributed by atoms with E-state index >= 15 is 0 Å². The van der Waals surface area contributed by atoms with Crippen LogP contribution in [0, 0.1) is 0 Å². The van der Waals surface area contributed by atoms with E-state index in [-0.39, 0.29) is 19.4 Å². The number of hydrogen-bond acceptors (Lipinski definition) is 5. The van der Waals surface area contributed by atoms with E-state index in [0.29, 0.717) is 5.69 Å². The van der Waals surface area contributed by atoms with Crippen LogP contribution in [0.3, 0.4) is 0 Å². The summed E-state index contributed by atoms with van der Waals surface area (Å²) in [5.74, 6) is -1.36. The van der Waals surface area contributed by atoms with Gasteiger partial charge in [0, 0.05) is 11.8 Å². The van der Waals surface area contributed by atoms with Crippen LogP contribution < -0.4 is 15.5 Å². The molecule has 1 unspecified atom stereocenters. The Balaban J connectivity index is 1.68. The van der Waals surface area contributed by atoms with Crippen molar-refractivity contribution in [2.24, 2.45) is 0 Å². The number of carbonyl (C=O) groups is 4. The van der Waals surface area contributed by atoms with Gasteiger partial charge in [-0.25, -0.2) is 9.69 Å². The quantitative estimate of drug-likeness (QED) is 0.590. The molecule has 0 aromatic heterocycles. The number of ether oxygens (including phenoxy) is 1. The van der Waals surface area contributed by atoms with Crippen LogP contribution in [0.5, 0.6) is 0 Å². The fourth-order valence-corrected chi connectivity index (χ4v) is 2.97. The molecule has 1 atom stereocenters. The van der Waals surface area contributed by atoms with E-state index in [0.717, 1.165) is 15.7 Å². The predicted octanol–water partition coefficient (Wildman–Crippen LogP) is 1.33. The average molecular weight is 369 g/mol. The summed E-state index contributed by atoms with van der Waals surface area (Å²) in [4.78, 5) is 49.0. The second-order valence-corrected chi connectivity index (χ2v) is 6.07. The Labute approximate surface area is 155 Å². The first-order valence-electron chi connectivity index (χ1n) is 8.47. The second-order valence-electron chi connectivity index (χ2n) is 6.07. The maximum Gasteiger partial charge on any atom is 0.329 e. The van der Waals surface area contributed by atoms with Crippen LogP contribution in [0.25, 0.3) is 10.8 Å². The molecule has 2 aromatic rings. The van der Waals surface area contributed by atoms with E-state index in [1.165, 1.54) is 7.11 Å². The van der Waals surface area contributed by atoms with Gasteiger partial charge in [-0.3, -0.25) is 14.4 Å². The largest absolute Gasteiger partial charge is 0.468 e. The van der Waals surface area contributed by atoms with Crippen molar-refractivity contribution in [2.45, 2.75) is 18.9 Å². The van der Waals surface area contributed by atoms with Crippen molar-refractivity contribution in [3.63, 3.8) is 0 Å². The summed E-state index contributed by atoms with van der Waals surface area (Å²) in [6.45, 7) is -0.234. The first-order chi connectivity index (χ1) is 13.0. The third-order valence-corrected chi connectivity index (χ3v) is 4.34. The molecular weight excluding hydrogens is 350 g/mol. The van der Waals surface area contributed by atoms with Crippen LogP contribution >= 0.6 is 0 Å². The lowest BCUT2D eigenvalue weighted by Gasteiger charge is -2.15. The Hall–Kier alpha value is -3.42. The minimum atomic E-state index is -0.791. The van der Waals surface area contributed by atoms with Gasteiger partial charge < -0.3 is 15.4 Å². The smallest absolute Gasteiger partial charge is 0.329 e. The minimum Gasteiger partial charge on any atom is -0.468 e. The lowest BCUT2D eigenvalue weighted by atomic mass is 10.1. The molecule has 0 aliphatic carbocycles. The summed E-state index contributed by atoms with van der Waals surface area (Å²) in [6, 6.07) is 11.6. The summed E-state index contributed by atoms with van der Waals surface area (Å²) >= 11 is 0. The van der Waals surface area contributed by atoms with Crippen LogP contribution in [-0.2, 0) is 19.1 Å². The Bertz CT molecular complexity index is 906. The molecule has 8 nitrogen and oxygen atoms in total. The number of hydrogen-bond donors (Lipinski definition) is 2. The van der Waals surface area contributed by atoms with Gasteiger partial charge in [0.2, 0.25) is 5.91 Å². The van der Waals surface area contributed by atoms with Gasteiger partial charge in [0.1, 0.15) is 12.6 Å². The second kappa shape index (κ2) is 7.86. The monoisotopic (exact) mass is 369 g/mol. The number of methoxy groups -OCH3 is 1. The molecule has 27 heavy (non-hydrogen) atoms. The zero-order valence-corrected chi connectivity index (χ0v) is 14.7. The molecule has 0 bridgehead atoms. The molecule has 0 spiro atoms. The molecule has 1 saturated heterocycles. The van der Waals surface area contributed by atoms with E-state index < -0.39 is 29.9 Å². The van der Waals surface area contributed by atoms with Gasteiger partial charge in [0.15, 0.2) is 0 Å². The van der Waals surface area contributed by atoms with E-state index in [1.54, 1.807) is 12.1 Å². The Morgan fingerprint density at radius 2 is 1.89 bits per heavy atom. The molecule has 1 fully saturated rings. The molecule has 1 heterocycles. The van der Waals surface area contributed by atoms with Crippen LogP contribution in [0.2, 0.25) is 0 Å². The fourth-order valence-electron chi connectivity index (χ4n) is 2.97. The Kier molecular flexibility index (Phi) is 5.35. The van der Waals surface area contributed by atoms with Crippen LogP contribution in [0.15, 0.2) is 42.5 Å². The number of urea groups is 1. The highest BCUT2D eigenvalue weighted by molar-refractivity contribution is 6.24. The molecular formula is C19H19N3O5. The van der Waals surface area contributed by atoms with Gasteiger partial charge in [0.25, 0.3) is 5.91 Å². The van der Waals surface area contributed by atoms with Gasteiger partial charge in [0.05, 0.1) is 12.8 Å². The third-order valence-electron chi connectivity index (χ3n) is 4.34. The topological polar surface area (TPSA) is 105 Å². The average Bonchev–Trinajstić information content (AvgIpc) is 2.97. The van der Waals surface area contributed by atoms with Crippen molar-refractivity contribution in [1.82, 2.24) is 10.6 Å². The zero-order chi connectivity index (χ0) is 19.4. The number of nitrogens with zero attached hydrogens (tertiary/aromatic N) is 1. The summed E-state index contributed by atoms with van der Waals surface area (Å²) in [5.41, 5.74) is 0.508. The highest BCUT2D eigenvalue weighted by atomic mass is 16.5. The molecule has 8 heteroatoms. The molecule has 1 aliphatic heterocycles. The number of rotatable bonds is 6. The number of carbonyl (C=O) groups excluding carboxylic acids is 4. The molecule has 4 amide bonds. The molecule has 3 rings (SSSR count). The van der Waals surface area contributed by atoms with Crippen LogP contribution in [0.1, 0.15) is 12.8 Å². The summed E-state index contributed by atoms with van der Waals surface area (Å²) < 4.78 is 4.44. The number of fused-ring (bicyclic) bond motifs is 1. The van der Waals surface area contributed by atoms with Gasteiger partial charge in [-0.2, -0.15) is 0 Å². The number of anilines is 1. The highest BCUT2D eigenvalue weighted by Gasteiger charge is 2.39. The van der Waals surface area contributed by atoms with Crippen molar-refractivity contribution in [3.05, 3.63) is 42.5 Å². The van der Waals surface area contributed by atoms with Gasteiger partial charge in [-0.1, -0.05) is 36.4 Å². The van der Waals surface area contributed by atoms with E-state index in [1.807, 2.05) is 30.3 Å². The first-order valence-corrected chi connectivity index (χ1v) is 8.47. The van der Waals surface area contributed by atoms with Crippen molar-refractivity contribution in [1.29, 1.82) is 0 Å². The van der Waals surface area contributed by atoms with Crippen molar-refractivity contribution in [3.8, 4) is 0 Å². The van der Waals surface area contributed by atoms with Gasteiger partial charge in [-0.15, -0.1) is 0 Å². The maximum atomic E-state index is 12.7. The molecule has 140 valence electrons. The van der Waals surface area contributed by atoms with Crippen molar-refractivity contribution in [2.75, 3.05) is 18.6 Å². The number of nitrogens with one attached hydrogen (secondary N) is 2.